The zero-order chi connectivity index (χ0) is 21.3. The monoisotopic (exact) mass is 487 g/mol. The van der Waals surface area contributed by atoms with Gasteiger partial charge in [0.2, 0.25) is 0 Å². The average molecular weight is 487 g/mol. The zero-order valence-electron chi connectivity index (χ0n) is 17.1. The van der Waals surface area contributed by atoms with Crippen molar-refractivity contribution >= 4 is 80.0 Å². The van der Waals surface area contributed by atoms with Crippen molar-refractivity contribution in [1.82, 2.24) is 9.55 Å². The van der Waals surface area contributed by atoms with Crippen molar-refractivity contribution < 1.29 is 51.2 Å². The molecule has 2 rings (SSSR count). The first kappa shape index (κ1) is 34.0. The van der Waals surface area contributed by atoms with Gasteiger partial charge in [0.25, 0.3) is 5.56 Å². The van der Waals surface area contributed by atoms with Gasteiger partial charge in [0.15, 0.2) is 0 Å². The zero-order valence-corrected chi connectivity index (χ0v) is 19.8. The Bertz CT molecular complexity index is 994. The standard InChI is InChI=1S/C10H17N2O13P3.3Li/c1-6-4-12(10(14)11-9(6)13)8-3-2-7(23-8)5-22-27(18,19)25-28(20,21)24-26(15,16)17;;;/h4,7-8H,2-3,5H2,1H3,(H,18,19)(H,20,21)(H,11,13,14)(H2,15,16,17);;;/t7-,8+;;;/m0.../s1. The Hall–Kier alpha value is 0.842. The fraction of sp³-hybridized carbons (Fsp3) is 0.600. The molecular weight excluding hydrogens is 470 g/mol. The molecule has 0 saturated carbocycles. The molecule has 3 radical (unpaired) electrons. The van der Waals surface area contributed by atoms with Gasteiger partial charge in [0, 0.05) is 68.3 Å². The van der Waals surface area contributed by atoms with E-state index in [1.807, 2.05) is 0 Å². The summed E-state index contributed by atoms with van der Waals surface area (Å²) in [4.78, 5) is 60.6. The van der Waals surface area contributed by atoms with Gasteiger partial charge in [-0.3, -0.25) is 18.9 Å². The number of nitrogens with one attached hydrogen (secondary N) is 1. The summed E-state index contributed by atoms with van der Waals surface area (Å²) >= 11 is 0. The van der Waals surface area contributed by atoms with E-state index in [2.05, 4.69) is 18.1 Å². The third-order valence-corrected chi connectivity index (χ3v) is 7.18. The second-order valence-corrected chi connectivity index (χ2v) is 10.1. The molecule has 1 aromatic heterocycles. The van der Waals surface area contributed by atoms with E-state index in [0.717, 1.165) is 4.57 Å². The minimum absolute atomic E-state index is 0. The van der Waals surface area contributed by atoms with Crippen LogP contribution < -0.4 is 11.2 Å². The van der Waals surface area contributed by atoms with Gasteiger partial charge in [-0.2, -0.15) is 8.62 Å². The summed E-state index contributed by atoms with van der Waals surface area (Å²) in [7, 11) is -16.3. The molecule has 0 bridgehead atoms. The molecule has 5 N–H and O–H groups in total. The minimum atomic E-state index is -5.59. The van der Waals surface area contributed by atoms with E-state index >= 15 is 0 Å². The van der Waals surface area contributed by atoms with Crippen molar-refractivity contribution in [2.45, 2.75) is 32.1 Å². The summed E-state index contributed by atoms with van der Waals surface area (Å²) in [6.07, 6.45) is 0.212. The minimum Gasteiger partial charge on any atom is -0.352 e. The Balaban J connectivity index is 0. The maximum absolute atomic E-state index is 11.8. The molecule has 2 heterocycles. The van der Waals surface area contributed by atoms with E-state index in [4.69, 9.17) is 19.4 Å². The normalized spacial score (nSPS) is 22.2. The van der Waals surface area contributed by atoms with E-state index in [0.29, 0.717) is 0 Å². The molecule has 31 heavy (non-hydrogen) atoms. The van der Waals surface area contributed by atoms with Gasteiger partial charge >= 0.3 is 29.2 Å². The predicted molar refractivity (Wildman–Crippen MR) is 106 cm³/mol. The van der Waals surface area contributed by atoms with Gasteiger partial charge in [0.1, 0.15) is 6.23 Å². The van der Waals surface area contributed by atoms with Crippen LogP contribution in [0.2, 0.25) is 0 Å². The van der Waals surface area contributed by atoms with Gasteiger partial charge < -0.3 is 24.3 Å². The molecule has 163 valence electrons. The fourth-order valence-corrected chi connectivity index (χ4v) is 5.34. The molecule has 15 nitrogen and oxygen atoms in total. The second kappa shape index (κ2) is 13.1. The van der Waals surface area contributed by atoms with E-state index in [1.54, 1.807) is 0 Å². The molecule has 1 fully saturated rings. The number of phosphoric acid groups is 3. The van der Waals surface area contributed by atoms with Crippen LogP contribution in [0.4, 0.5) is 0 Å². The van der Waals surface area contributed by atoms with Crippen LogP contribution in [-0.4, -0.2) is 98.4 Å². The third-order valence-electron chi connectivity index (χ3n) is 3.38. The van der Waals surface area contributed by atoms with Gasteiger partial charge in [-0.25, -0.2) is 18.5 Å². The Morgan fingerprint density at radius 3 is 2.19 bits per heavy atom. The van der Waals surface area contributed by atoms with Crippen LogP contribution in [-0.2, 0) is 31.6 Å². The second-order valence-electron chi connectivity index (χ2n) is 5.66. The molecule has 1 saturated heterocycles. The van der Waals surface area contributed by atoms with Crippen molar-refractivity contribution in [2.24, 2.45) is 0 Å². The van der Waals surface area contributed by atoms with Crippen LogP contribution in [0.3, 0.4) is 0 Å². The Morgan fingerprint density at radius 1 is 1.06 bits per heavy atom. The molecule has 1 aliphatic heterocycles. The third kappa shape index (κ3) is 11.2. The van der Waals surface area contributed by atoms with Gasteiger partial charge in [-0.15, -0.1) is 0 Å². The predicted octanol–water partition coefficient (Wildman–Crippen LogP) is -1.28. The number of rotatable bonds is 8. The number of phosphoric ester groups is 1. The quantitative estimate of drug-likeness (QED) is 0.213. The number of aromatic amines is 1. The van der Waals surface area contributed by atoms with Crippen LogP contribution in [0.1, 0.15) is 24.6 Å². The van der Waals surface area contributed by atoms with Crippen molar-refractivity contribution in [3.05, 3.63) is 32.6 Å². The number of ether oxygens (including phenoxy) is 1. The molecule has 0 spiro atoms. The van der Waals surface area contributed by atoms with Crippen LogP contribution in [0, 0.1) is 6.92 Å². The fourth-order valence-electron chi connectivity index (χ4n) is 2.29. The van der Waals surface area contributed by atoms with Crippen LogP contribution in [0.25, 0.3) is 0 Å². The van der Waals surface area contributed by atoms with Crippen molar-refractivity contribution in [1.29, 1.82) is 0 Å². The summed E-state index contributed by atoms with van der Waals surface area (Å²) in [6, 6.07) is 0. The largest absolute Gasteiger partial charge is 0.490 e. The van der Waals surface area contributed by atoms with Crippen LogP contribution in [0.5, 0.6) is 0 Å². The Kier molecular flexibility index (Phi) is 14.3. The topological polar surface area (TPSA) is 224 Å². The summed E-state index contributed by atoms with van der Waals surface area (Å²) in [5.74, 6) is 0. The van der Waals surface area contributed by atoms with Crippen molar-refractivity contribution in [2.75, 3.05) is 6.61 Å². The first-order chi connectivity index (χ1) is 12.7. The van der Waals surface area contributed by atoms with E-state index in [-0.39, 0.29) is 75.0 Å². The number of H-pyrrole nitrogens is 1. The van der Waals surface area contributed by atoms with E-state index < -0.39 is 53.7 Å². The maximum Gasteiger partial charge on any atom is 0.490 e. The molecular formula is C10H17Li3N2O13P3. The molecule has 21 heteroatoms. The molecule has 2 unspecified atom stereocenters. The molecule has 1 aliphatic rings. The Morgan fingerprint density at radius 2 is 1.65 bits per heavy atom. The first-order valence-electron chi connectivity index (χ1n) is 7.43. The van der Waals surface area contributed by atoms with Gasteiger partial charge in [-0.1, -0.05) is 0 Å². The first-order valence-corrected chi connectivity index (χ1v) is 12.0. The molecule has 0 aliphatic carbocycles. The average Bonchev–Trinajstić information content (AvgIpc) is 2.94. The molecule has 0 amide bonds. The molecule has 0 aromatic carbocycles. The SMILES string of the molecule is Cc1cn([C@H]2CC[C@@H](COP(=O)(O)OP(=O)(O)OP(=O)(O)O)O2)c(=O)[nH]c1=O.[Li].[Li].[Li]. The van der Waals surface area contributed by atoms with E-state index in [1.165, 1.54) is 13.1 Å². The number of hydrogen-bond donors (Lipinski definition) is 5. The van der Waals surface area contributed by atoms with Gasteiger partial charge in [-0.05, 0) is 19.8 Å². The number of nitrogens with zero attached hydrogens (tertiary/aromatic N) is 1. The van der Waals surface area contributed by atoms with Gasteiger partial charge in [0.05, 0.1) is 12.7 Å². The summed E-state index contributed by atoms with van der Waals surface area (Å²) in [6.45, 7) is 0.869. The summed E-state index contributed by atoms with van der Waals surface area (Å²) in [5, 5.41) is 0. The Labute approximate surface area is 211 Å². The van der Waals surface area contributed by atoms with Crippen molar-refractivity contribution in [3.63, 3.8) is 0 Å². The number of aromatic nitrogens is 2. The number of aryl methyl sites for hydroxylation is 1. The van der Waals surface area contributed by atoms with Crippen LogP contribution >= 0.6 is 23.5 Å². The molecule has 4 atom stereocenters. The van der Waals surface area contributed by atoms with Crippen molar-refractivity contribution in [3.8, 4) is 0 Å². The molecule has 1 aromatic rings. The summed E-state index contributed by atoms with van der Waals surface area (Å²) < 4.78 is 51.7. The smallest absolute Gasteiger partial charge is 0.352 e. The van der Waals surface area contributed by atoms with E-state index in [9.17, 15) is 28.2 Å². The maximum atomic E-state index is 11.8. The number of hydrogen-bond acceptors (Lipinski definition) is 9. The van der Waals surface area contributed by atoms with Crippen LogP contribution in [0.15, 0.2) is 15.8 Å². The summed E-state index contributed by atoms with van der Waals surface area (Å²) in [5.41, 5.74) is -1.00.